The zero-order valence-corrected chi connectivity index (χ0v) is 13.7. The summed E-state index contributed by atoms with van der Waals surface area (Å²) >= 11 is 0. The van der Waals surface area contributed by atoms with Gasteiger partial charge in [-0.1, -0.05) is 50.1 Å². The highest BCUT2D eigenvalue weighted by atomic mass is 16.5. The van der Waals surface area contributed by atoms with E-state index in [1.807, 2.05) is 12.1 Å². The molecular weight excluding hydrogens is 304 g/mol. The van der Waals surface area contributed by atoms with Crippen LogP contribution in [0.25, 0.3) is 0 Å². The van der Waals surface area contributed by atoms with E-state index in [4.69, 9.17) is 4.74 Å². The second-order valence-electron chi connectivity index (χ2n) is 5.33. The molecule has 2 rings (SSSR count). The maximum absolute atomic E-state index is 12.3. The topological polar surface area (TPSA) is 67.4 Å². The molecule has 2 aromatic rings. The van der Waals surface area contributed by atoms with Crippen molar-refractivity contribution >= 4 is 11.8 Å². The highest BCUT2D eigenvalue weighted by molar-refractivity contribution is 6.00. The molecular formula is C19H22N2O3. The Morgan fingerprint density at radius 2 is 1.54 bits per heavy atom. The number of nitrogens with one attached hydrogen (secondary N) is 2. The maximum atomic E-state index is 12.3. The average Bonchev–Trinajstić information content (AvgIpc) is 2.64. The molecule has 0 aliphatic heterocycles. The first-order chi connectivity index (χ1) is 11.7. The molecule has 0 atom stereocenters. The number of carbonyl (C=O) groups excluding carboxylic acids is 2. The molecule has 2 N–H and O–H groups in total. The van der Waals surface area contributed by atoms with Crippen LogP contribution in [0.1, 0.15) is 46.9 Å². The summed E-state index contributed by atoms with van der Waals surface area (Å²) in [5.74, 6) is -0.268. The zero-order chi connectivity index (χ0) is 17.2. The van der Waals surface area contributed by atoms with Crippen molar-refractivity contribution in [2.45, 2.75) is 26.2 Å². The van der Waals surface area contributed by atoms with Crippen molar-refractivity contribution in [1.82, 2.24) is 10.9 Å². The van der Waals surface area contributed by atoms with Crippen molar-refractivity contribution in [3.05, 3.63) is 65.7 Å². The van der Waals surface area contributed by atoms with Crippen LogP contribution in [-0.4, -0.2) is 18.4 Å². The average molecular weight is 326 g/mol. The Kier molecular flexibility index (Phi) is 6.83. The molecule has 2 amide bonds. The Hall–Kier alpha value is -2.82. The smallest absolute Gasteiger partial charge is 0.273 e. The first kappa shape index (κ1) is 17.5. The van der Waals surface area contributed by atoms with Gasteiger partial charge >= 0.3 is 0 Å². The fraction of sp³-hybridized carbons (Fsp3) is 0.263. The molecule has 0 heterocycles. The summed E-state index contributed by atoms with van der Waals surface area (Å²) in [5, 5.41) is 0. The van der Waals surface area contributed by atoms with Gasteiger partial charge in [0, 0.05) is 5.56 Å². The molecule has 0 aliphatic rings. The molecule has 0 fully saturated rings. The number of para-hydroxylation sites is 1. The summed E-state index contributed by atoms with van der Waals surface area (Å²) in [6.45, 7) is 2.69. The Bertz CT molecular complexity index is 671. The third kappa shape index (κ3) is 5.12. The van der Waals surface area contributed by atoms with E-state index < -0.39 is 5.91 Å². The highest BCUT2D eigenvalue weighted by Crippen LogP contribution is 2.18. The number of carbonyl (C=O) groups is 2. The van der Waals surface area contributed by atoms with Gasteiger partial charge in [0.25, 0.3) is 11.8 Å². The van der Waals surface area contributed by atoms with E-state index in [-0.39, 0.29) is 5.91 Å². The number of ether oxygens (including phenoxy) is 1. The van der Waals surface area contributed by atoms with Crippen LogP contribution in [0.2, 0.25) is 0 Å². The van der Waals surface area contributed by atoms with Gasteiger partial charge < -0.3 is 4.74 Å². The number of amides is 2. The molecule has 5 heteroatoms. The Labute approximate surface area is 142 Å². The lowest BCUT2D eigenvalue weighted by Crippen LogP contribution is -2.41. The van der Waals surface area contributed by atoms with E-state index in [1.54, 1.807) is 42.5 Å². The van der Waals surface area contributed by atoms with E-state index in [9.17, 15) is 9.59 Å². The van der Waals surface area contributed by atoms with E-state index in [0.29, 0.717) is 23.5 Å². The minimum absolute atomic E-state index is 0.370. The summed E-state index contributed by atoms with van der Waals surface area (Å²) < 4.78 is 5.68. The zero-order valence-electron chi connectivity index (χ0n) is 13.7. The fourth-order valence-corrected chi connectivity index (χ4v) is 2.16. The Morgan fingerprint density at radius 1 is 0.875 bits per heavy atom. The minimum Gasteiger partial charge on any atom is -0.493 e. The number of benzene rings is 2. The summed E-state index contributed by atoms with van der Waals surface area (Å²) in [6.07, 6.45) is 3.13. The van der Waals surface area contributed by atoms with Gasteiger partial charge in [0.05, 0.1) is 12.2 Å². The van der Waals surface area contributed by atoms with Crippen molar-refractivity contribution < 1.29 is 14.3 Å². The molecule has 5 nitrogen and oxygen atoms in total. The molecule has 0 spiro atoms. The van der Waals surface area contributed by atoms with Crippen LogP contribution in [0, 0.1) is 0 Å². The van der Waals surface area contributed by atoms with Crippen LogP contribution < -0.4 is 15.6 Å². The standard InChI is InChI=1S/C19H22N2O3/c1-2-3-9-14-24-17-13-8-7-12-16(17)19(23)21-20-18(22)15-10-5-4-6-11-15/h4-8,10-13H,2-3,9,14H2,1H3,(H,20,22)(H,21,23). The van der Waals surface area contributed by atoms with Crippen molar-refractivity contribution in [3.63, 3.8) is 0 Å². The normalized spacial score (nSPS) is 10.0. The van der Waals surface area contributed by atoms with Gasteiger partial charge in [-0.25, -0.2) is 0 Å². The SMILES string of the molecule is CCCCCOc1ccccc1C(=O)NNC(=O)c1ccccc1. The van der Waals surface area contributed by atoms with Gasteiger partial charge in [0.2, 0.25) is 0 Å². The molecule has 0 aliphatic carbocycles. The van der Waals surface area contributed by atoms with Crippen molar-refractivity contribution in [1.29, 1.82) is 0 Å². The second-order valence-corrected chi connectivity index (χ2v) is 5.33. The summed E-state index contributed by atoms with van der Waals surface area (Å²) in [5.41, 5.74) is 5.69. The Morgan fingerprint density at radius 3 is 2.29 bits per heavy atom. The molecule has 0 bridgehead atoms. The predicted octanol–water partition coefficient (Wildman–Crippen LogP) is 3.33. The van der Waals surface area contributed by atoms with Crippen LogP contribution >= 0.6 is 0 Å². The lowest BCUT2D eigenvalue weighted by Gasteiger charge is -2.12. The minimum atomic E-state index is -0.412. The van der Waals surface area contributed by atoms with E-state index in [2.05, 4.69) is 17.8 Å². The second kappa shape index (κ2) is 9.35. The van der Waals surface area contributed by atoms with Crippen LogP contribution in [0.5, 0.6) is 5.75 Å². The van der Waals surface area contributed by atoms with Crippen LogP contribution in [0.4, 0.5) is 0 Å². The molecule has 0 saturated heterocycles. The van der Waals surface area contributed by atoms with Crippen molar-refractivity contribution in [2.75, 3.05) is 6.61 Å². The van der Waals surface area contributed by atoms with E-state index in [0.717, 1.165) is 19.3 Å². The monoisotopic (exact) mass is 326 g/mol. The summed E-state index contributed by atoms with van der Waals surface area (Å²) in [7, 11) is 0. The van der Waals surface area contributed by atoms with Crippen LogP contribution in [-0.2, 0) is 0 Å². The fourth-order valence-electron chi connectivity index (χ4n) is 2.16. The first-order valence-electron chi connectivity index (χ1n) is 8.10. The van der Waals surface area contributed by atoms with E-state index >= 15 is 0 Å². The van der Waals surface area contributed by atoms with Crippen LogP contribution in [0.15, 0.2) is 54.6 Å². The Balaban J connectivity index is 1.93. The first-order valence-corrected chi connectivity index (χ1v) is 8.10. The number of rotatable bonds is 7. The molecule has 0 unspecified atom stereocenters. The van der Waals surface area contributed by atoms with Crippen molar-refractivity contribution in [2.24, 2.45) is 0 Å². The lowest BCUT2D eigenvalue weighted by molar-refractivity contribution is 0.0844. The highest BCUT2D eigenvalue weighted by Gasteiger charge is 2.13. The van der Waals surface area contributed by atoms with Gasteiger partial charge in [-0.05, 0) is 30.7 Å². The number of hydrogen-bond donors (Lipinski definition) is 2. The largest absolute Gasteiger partial charge is 0.493 e. The van der Waals surface area contributed by atoms with Gasteiger partial charge in [0.1, 0.15) is 5.75 Å². The maximum Gasteiger partial charge on any atom is 0.273 e. The van der Waals surface area contributed by atoms with Gasteiger partial charge in [0.15, 0.2) is 0 Å². The van der Waals surface area contributed by atoms with Gasteiger partial charge in [-0.3, -0.25) is 20.4 Å². The third-order valence-electron chi connectivity index (χ3n) is 3.46. The molecule has 2 aromatic carbocycles. The number of hydrogen-bond acceptors (Lipinski definition) is 3. The third-order valence-corrected chi connectivity index (χ3v) is 3.46. The molecule has 0 saturated carbocycles. The van der Waals surface area contributed by atoms with E-state index in [1.165, 1.54) is 0 Å². The number of hydrazine groups is 1. The molecule has 0 aromatic heterocycles. The molecule has 126 valence electrons. The lowest BCUT2D eigenvalue weighted by atomic mass is 10.2. The quantitative estimate of drug-likeness (QED) is 0.606. The molecule has 0 radical (unpaired) electrons. The summed E-state index contributed by atoms with van der Waals surface area (Å²) in [6, 6.07) is 15.7. The summed E-state index contributed by atoms with van der Waals surface area (Å²) in [4.78, 5) is 24.2. The van der Waals surface area contributed by atoms with Crippen LogP contribution in [0.3, 0.4) is 0 Å². The number of unbranched alkanes of at least 4 members (excludes halogenated alkanes) is 2. The van der Waals surface area contributed by atoms with Gasteiger partial charge in [-0.2, -0.15) is 0 Å². The molecule has 24 heavy (non-hydrogen) atoms. The predicted molar refractivity (Wildman–Crippen MR) is 92.8 cm³/mol. The van der Waals surface area contributed by atoms with Crippen molar-refractivity contribution in [3.8, 4) is 5.75 Å². The van der Waals surface area contributed by atoms with Gasteiger partial charge in [-0.15, -0.1) is 0 Å².